The highest BCUT2D eigenvalue weighted by Crippen LogP contribution is 2.19. The Kier molecular flexibility index (Phi) is 1.12. The Hall–Kier alpha value is -1.51. The zero-order valence-corrected chi connectivity index (χ0v) is 5.63. The first-order valence-corrected chi connectivity index (χ1v) is 3.23. The van der Waals surface area contributed by atoms with Crippen LogP contribution >= 0.6 is 0 Å². The number of aromatic nitrogens is 1. The van der Waals surface area contributed by atoms with E-state index in [1.807, 2.05) is 0 Å². The standard InChI is InChI=1S/C8H6FNO/c9-6-2-1-5-3-8(11)10-7(5)4-6/h1-4,10-11H. The van der Waals surface area contributed by atoms with Crippen molar-refractivity contribution in [3.8, 4) is 5.88 Å². The van der Waals surface area contributed by atoms with Gasteiger partial charge >= 0.3 is 0 Å². The van der Waals surface area contributed by atoms with Gasteiger partial charge in [-0.05, 0) is 18.2 Å². The highest BCUT2D eigenvalue weighted by Gasteiger charge is 1.98. The van der Waals surface area contributed by atoms with E-state index >= 15 is 0 Å². The van der Waals surface area contributed by atoms with Crippen molar-refractivity contribution >= 4 is 10.9 Å². The molecule has 0 fully saturated rings. The molecule has 11 heavy (non-hydrogen) atoms. The summed E-state index contributed by atoms with van der Waals surface area (Å²) in [5.41, 5.74) is 0.613. The van der Waals surface area contributed by atoms with E-state index in [1.165, 1.54) is 12.1 Å². The Morgan fingerprint density at radius 1 is 1.27 bits per heavy atom. The number of fused-ring (bicyclic) bond motifs is 1. The van der Waals surface area contributed by atoms with Crippen LogP contribution in [0.5, 0.6) is 5.88 Å². The largest absolute Gasteiger partial charge is 0.495 e. The molecular formula is C8H6FNO. The topological polar surface area (TPSA) is 36.0 Å². The van der Waals surface area contributed by atoms with E-state index in [0.717, 1.165) is 5.39 Å². The van der Waals surface area contributed by atoms with Crippen LogP contribution in [0.15, 0.2) is 24.3 Å². The van der Waals surface area contributed by atoms with E-state index in [1.54, 1.807) is 12.1 Å². The molecule has 2 rings (SSSR count). The van der Waals surface area contributed by atoms with Crippen LogP contribution in [0.4, 0.5) is 4.39 Å². The molecule has 0 bridgehead atoms. The number of aromatic hydroxyl groups is 1. The van der Waals surface area contributed by atoms with E-state index in [0.29, 0.717) is 5.52 Å². The van der Waals surface area contributed by atoms with E-state index < -0.39 is 0 Å². The average molecular weight is 151 g/mol. The van der Waals surface area contributed by atoms with Crippen LogP contribution in [0.25, 0.3) is 10.9 Å². The van der Waals surface area contributed by atoms with Crippen LogP contribution in [-0.2, 0) is 0 Å². The fourth-order valence-corrected chi connectivity index (χ4v) is 1.08. The third-order valence-corrected chi connectivity index (χ3v) is 1.57. The summed E-state index contributed by atoms with van der Waals surface area (Å²) in [6.45, 7) is 0. The minimum Gasteiger partial charge on any atom is -0.495 e. The molecule has 2 N–H and O–H groups in total. The lowest BCUT2D eigenvalue weighted by Crippen LogP contribution is -1.71. The molecule has 0 aliphatic rings. The third-order valence-electron chi connectivity index (χ3n) is 1.57. The van der Waals surface area contributed by atoms with E-state index in [-0.39, 0.29) is 11.7 Å². The maximum Gasteiger partial charge on any atom is 0.189 e. The number of halogens is 1. The first kappa shape index (κ1) is 6.22. The molecule has 0 saturated carbocycles. The normalized spacial score (nSPS) is 10.6. The predicted molar refractivity (Wildman–Crippen MR) is 39.9 cm³/mol. The number of benzene rings is 1. The molecule has 0 spiro atoms. The molecule has 2 nitrogen and oxygen atoms in total. The molecule has 1 heterocycles. The van der Waals surface area contributed by atoms with Gasteiger partial charge in [-0.2, -0.15) is 0 Å². The second kappa shape index (κ2) is 1.99. The maximum atomic E-state index is 12.5. The molecule has 0 aliphatic heterocycles. The number of aromatic amines is 1. The second-order valence-electron chi connectivity index (χ2n) is 2.39. The van der Waals surface area contributed by atoms with Crippen molar-refractivity contribution in [2.24, 2.45) is 0 Å². The molecule has 0 saturated heterocycles. The molecule has 0 radical (unpaired) electrons. The number of hydrogen-bond acceptors (Lipinski definition) is 1. The Morgan fingerprint density at radius 3 is 2.91 bits per heavy atom. The fraction of sp³-hybridized carbons (Fsp3) is 0. The quantitative estimate of drug-likeness (QED) is 0.593. The molecule has 0 amide bonds. The van der Waals surface area contributed by atoms with Gasteiger partial charge in [0.05, 0.1) is 5.52 Å². The van der Waals surface area contributed by atoms with Crippen LogP contribution in [0, 0.1) is 5.82 Å². The Morgan fingerprint density at radius 2 is 2.09 bits per heavy atom. The summed E-state index contributed by atoms with van der Waals surface area (Å²) in [5, 5.41) is 9.78. The summed E-state index contributed by atoms with van der Waals surface area (Å²) in [5.74, 6) is -0.245. The van der Waals surface area contributed by atoms with Crippen LogP contribution in [0.1, 0.15) is 0 Å². The smallest absolute Gasteiger partial charge is 0.189 e. The number of rotatable bonds is 0. The first-order valence-electron chi connectivity index (χ1n) is 3.23. The lowest BCUT2D eigenvalue weighted by atomic mass is 10.2. The first-order chi connectivity index (χ1) is 5.25. The Bertz CT molecular complexity index is 394. The molecule has 0 atom stereocenters. The Labute approximate surface area is 62.3 Å². The number of nitrogens with one attached hydrogen (secondary N) is 1. The van der Waals surface area contributed by atoms with Crippen molar-refractivity contribution in [3.05, 3.63) is 30.1 Å². The van der Waals surface area contributed by atoms with Crippen molar-refractivity contribution in [3.63, 3.8) is 0 Å². The minimum atomic E-state index is -0.306. The molecule has 3 heteroatoms. The maximum absolute atomic E-state index is 12.5. The third kappa shape index (κ3) is 0.941. The minimum absolute atomic E-state index is 0.0607. The highest BCUT2D eigenvalue weighted by molar-refractivity contribution is 5.81. The van der Waals surface area contributed by atoms with Crippen LogP contribution in [0.2, 0.25) is 0 Å². The lowest BCUT2D eigenvalue weighted by molar-refractivity contribution is 0.458. The summed E-state index contributed by atoms with van der Waals surface area (Å²) in [6, 6.07) is 5.86. The van der Waals surface area contributed by atoms with Gasteiger partial charge in [0, 0.05) is 11.5 Å². The molecular weight excluding hydrogens is 145 g/mol. The average Bonchev–Trinajstić information content (AvgIpc) is 2.27. The summed E-state index contributed by atoms with van der Waals surface area (Å²) in [6.07, 6.45) is 0. The summed E-state index contributed by atoms with van der Waals surface area (Å²) < 4.78 is 12.5. The zero-order valence-electron chi connectivity index (χ0n) is 5.63. The number of H-pyrrole nitrogens is 1. The SMILES string of the molecule is Oc1cc2ccc(F)cc2[nH]1. The van der Waals surface area contributed by atoms with Crippen molar-refractivity contribution in [1.82, 2.24) is 4.98 Å². The fourth-order valence-electron chi connectivity index (χ4n) is 1.08. The van der Waals surface area contributed by atoms with Crippen molar-refractivity contribution in [2.75, 3.05) is 0 Å². The second-order valence-corrected chi connectivity index (χ2v) is 2.39. The van der Waals surface area contributed by atoms with Gasteiger partial charge in [-0.1, -0.05) is 0 Å². The molecule has 56 valence electrons. The monoisotopic (exact) mass is 151 g/mol. The summed E-state index contributed by atoms with van der Waals surface area (Å²) in [4.78, 5) is 2.61. The van der Waals surface area contributed by atoms with Gasteiger partial charge < -0.3 is 10.1 Å². The van der Waals surface area contributed by atoms with Crippen LogP contribution < -0.4 is 0 Å². The van der Waals surface area contributed by atoms with Crippen molar-refractivity contribution in [1.29, 1.82) is 0 Å². The van der Waals surface area contributed by atoms with Crippen molar-refractivity contribution < 1.29 is 9.50 Å². The van der Waals surface area contributed by atoms with Crippen molar-refractivity contribution in [2.45, 2.75) is 0 Å². The molecule has 0 unspecified atom stereocenters. The van der Waals surface area contributed by atoms with Gasteiger partial charge in [-0.25, -0.2) is 4.39 Å². The van der Waals surface area contributed by atoms with E-state index in [2.05, 4.69) is 4.98 Å². The van der Waals surface area contributed by atoms with Crippen LogP contribution in [0.3, 0.4) is 0 Å². The van der Waals surface area contributed by atoms with Gasteiger partial charge in [-0.3, -0.25) is 0 Å². The van der Waals surface area contributed by atoms with Gasteiger partial charge in [0.25, 0.3) is 0 Å². The van der Waals surface area contributed by atoms with E-state index in [4.69, 9.17) is 5.11 Å². The lowest BCUT2D eigenvalue weighted by Gasteiger charge is -1.87. The Balaban J connectivity index is 2.82. The van der Waals surface area contributed by atoms with Gasteiger partial charge in [0.15, 0.2) is 5.88 Å². The highest BCUT2D eigenvalue weighted by atomic mass is 19.1. The summed E-state index contributed by atoms with van der Waals surface area (Å²) in [7, 11) is 0. The molecule has 0 aliphatic carbocycles. The van der Waals surface area contributed by atoms with Gasteiger partial charge in [-0.15, -0.1) is 0 Å². The van der Waals surface area contributed by atoms with Gasteiger partial charge in [0.1, 0.15) is 5.82 Å². The molecule has 1 aromatic carbocycles. The summed E-state index contributed by atoms with van der Waals surface area (Å²) >= 11 is 0. The van der Waals surface area contributed by atoms with Gasteiger partial charge in [0.2, 0.25) is 0 Å². The van der Waals surface area contributed by atoms with Crippen LogP contribution in [-0.4, -0.2) is 10.1 Å². The predicted octanol–water partition coefficient (Wildman–Crippen LogP) is 2.01. The van der Waals surface area contributed by atoms with E-state index in [9.17, 15) is 4.39 Å². The zero-order chi connectivity index (χ0) is 7.84. The molecule has 2 aromatic rings. The number of hydrogen-bond donors (Lipinski definition) is 2. The molecule has 1 aromatic heterocycles.